The van der Waals surface area contributed by atoms with Gasteiger partial charge in [0.25, 0.3) is 0 Å². The molecule has 1 aliphatic carbocycles. The lowest BCUT2D eigenvalue weighted by molar-refractivity contribution is 0.202. The molecule has 0 amide bonds. The van der Waals surface area contributed by atoms with Crippen molar-refractivity contribution in [1.29, 1.82) is 0 Å². The van der Waals surface area contributed by atoms with E-state index in [0.29, 0.717) is 6.10 Å². The first-order valence-electron chi connectivity index (χ1n) is 6.82. The Morgan fingerprint density at radius 1 is 1.39 bits per heavy atom. The van der Waals surface area contributed by atoms with Gasteiger partial charge in [-0.15, -0.1) is 11.8 Å². The monoisotopic (exact) mass is 265 g/mol. The van der Waals surface area contributed by atoms with Crippen LogP contribution in [0.3, 0.4) is 0 Å². The molecule has 0 bridgehead atoms. The molecule has 1 saturated carbocycles. The van der Waals surface area contributed by atoms with Gasteiger partial charge >= 0.3 is 0 Å². The van der Waals surface area contributed by atoms with Gasteiger partial charge in [-0.05, 0) is 57.5 Å². The molecule has 1 fully saturated rings. The molecular weight excluding hydrogens is 242 g/mol. The topological polar surface area (TPSA) is 21.3 Å². The van der Waals surface area contributed by atoms with E-state index < -0.39 is 0 Å². The zero-order chi connectivity index (χ0) is 12.8. The molecule has 0 aliphatic heterocycles. The molecule has 0 aromatic heterocycles. The molecule has 0 spiro atoms. The summed E-state index contributed by atoms with van der Waals surface area (Å²) >= 11 is 1.74. The van der Waals surface area contributed by atoms with Gasteiger partial charge in [0.2, 0.25) is 0 Å². The fourth-order valence-electron chi connectivity index (χ4n) is 1.97. The van der Waals surface area contributed by atoms with Gasteiger partial charge in [0.15, 0.2) is 0 Å². The third-order valence-corrected chi connectivity index (χ3v) is 3.97. The summed E-state index contributed by atoms with van der Waals surface area (Å²) in [5.41, 5.74) is 0. The Balaban J connectivity index is 1.70. The first-order valence-corrected chi connectivity index (χ1v) is 8.05. The van der Waals surface area contributed by atoms with Crippen LogP contribution in [0.5, 0.6) is 5.75 Å². The fourth-order valence-corrected chi connectivity index (χ4v) is 2.51. The lowest BCUT2D eigenvalue weighted by Crippen LogP contribution is -2.20. The summed E-state index contributed by atoms with van der Waals surface area (Å²) in [6.07, 6.45) is 7.42. The van der Waals surface area contributed by atoms with Crippen LogP contribution >= 0.6 is 11.8 Å². The van der Waals surface area contributed by atoms with Crippen molar-refractivity contribution in [3.63, 3.8) is 0 Å². The second-order valence-electron chi connectivity index (χ2n) is 4.95. The van der Waals surface area contributed by atoms with Crippen molar-refractivity contribution in [3.8, 4) is 5.75 Å². The largest absolute Gasteiger partial charge is 0.490 e. The molecule has 2 rings (SSSR count). The minimum Gasteiger partial charge on any atom is -0.490 e. The Morgan fingerprint density at radius 3 is 2.89 bits per heavy atom. The molecule has 0 saturated heterocycles. The normalized spacial score (nSPS) is 16.6. The zero-order valence-corrected chi connectivity index (χ0v) is 12.1. The van der Waals surface area contributed by atoms with Gasteiger partial charge in [-0.3, -0.25) is 0 Å². The van der Waals surface area contributed by atoms with Crippen LogP contribution in [0, 0.1) is 0 Å². The van der Waals surface area contributed by atoms with E-state index in [-0.39, 0.29) is 0 Å². The second kappa shape index (κ2) is 7.05. The van der Waals surface area contributed by atoms with Crippen LogP contribution in [0.1, 0.15) is 32.6 Å². The highest BCUT2D eigenvalue weighted by Gasteiger charge is 2.19. The number of nitrogens with one attached hydrogen (secondary N) is 1. The summed E-state index contributed by atoms with van der Waals surface area (Å²) in [4.78, 5) is 1.22. The average Bonchev–Trinajstić information content (AvgIpc) is 3.19. The summed E-state index contributed by atoms with van der Waals surface area (Å²) in [5.74, 6) is 1.02. The van der Waals surface area contributed by atoms with Gasteiger partial charge in [0, 0.05) is 10.9 Å². The van der Waals surface area contributed by atoms with Gasteiger partial charge in [0.1, 0.15) is 5.75 Å². The van der Waals surface area contributed by atoms with Crippen molar-refractivity contribution in [2.24, 2.45) is 0 Å². The molecule has 0 radical (unpaired) electrons. The van der Waals surface area contributed by atoms with Gasteiger partial charge in [-0.2, -0.15) is 0 Å². The van der Waals surface area contributed by atoms with E-state index in [1.165, 1.54) is 24.2 Å². The molecule has 1 atom stereocenters. The Morgan fingerprint density at radius 2 is 2.17 bits per heavy atom. The van der Waals surface area contributed by atoms with E-state index >= 15 is 0 Å². The van der Waals surface area contributed by atoms with Crippen LogP contribution in [0.15, 0.2) is 29.2 Å². The van der Waals surface area contributed by atoms with E-state index in [1.54, 1.807) is 11.8 Å². The predicted molar refractivity (Wildman–Crippen MR) is 78.6 cm³/mol. The quantitative estimate of drug-likeness (QED) is 0.572. The molecule has 1 unspecified atom stereocenters. The first kappa shape index (κ1) is 13.8. The number of rotatable bonds is 8. The molecule has 18 heavy (non-hydrogen) atoms. The van der Waals surface area contributed by atoms with E-state index in [4.69, 9.17) is 4.74 Å². The highest BCUT2D eigenvalue weighted by molar-refractivity contribution is 7.98. The molecule has 0 heterocycles. The summed E-state index contributed by atoms with van der Waals surface area (Å²) in [7, 11) is 0. The maximum atomic E-state index is 6.01. The van der Waals surface area contributed by atoms with Crippen molar-refractivity contribution >= 4 is 11.8 Å². The summed E-state index contributed by atoms with van der Waals surface area (Å²) < 4.78 is 6.01. The Kier molecular flexibility index (Phi) is 5.39. The molecular formula is C15H23NOS. The third kappa shape index (κ3) is 4.54. The number of hydrogen-bond donors (Lipinski definition) is 1. The average molecular weight is 265 g/mol. The van der Waals surface area contributed by atoms with Gasteiger partial charge in [-0.1, -0.05) is 12.1 Å². The van der Waals surface area contributed by atoms with Crippen LogP contribution in [-0.4, -0.2) is 24.9 Å². The minimum atomic E-state index is 0.291. The highest BCUT2D eigenvalue weighted by Crippen LogP contribution is 2.28. The van der Waals surface area contributed by atoms with Crippen molar-refractivity contribution in [1.82, 2.24) is 5.32 Å². The summed E-state index contributed by atoms with van der Waals surface area (Å²) in [5, 5.41) is 3.54. The first-order chi connectivity index (χ1) is 8.79. The van der Waals surface area contributed by atoms with Crippen molar-refractivity contribution in [2.45, 2.75) is 49.6 Å². The van der Waals surface area contributed by atoms with Crippen molar-refractivity contribution in [2.75, 3.05) is 12.8 Å². The highest BCUT2D eigenvalue weighted by atomic mass is 32.2. The number of para-hydroxylation sites is 1. The Labute approximate surface area is 114 Å². The number of thioether (sulfide) groups is 1. The molecule has 100 valence electrons. The summed E-state index contributed by atoms with van der Waals surface area (Å²) in [6.45, 7) is 3.29. The van der Waals surface area contributed by atoms with E-state index in [9.17, 15) is 0 Å². The number of benzene rings is 1. The maximum absolute atomic E-state index is 6.01. The fraction of sp³-hybridized carbons (Fsp3) is 0.600. The van der Waals surface area contributed by atoms with Gasteiger partial charge in [-0.25, -0.2) is 0 Å². The predicted octanol–water partition coefficient (Wildman–Crippen LogP) is 3.71. The molecule has 1 aromatic rings. The third-order valence-electron chi connectivity index (χ3n) is 3.20. The van der Waals surface area contributed by atoms with Crippen LogP contribution < -0.4 is 10.1 Å². The molecule has 1 aliphatic rings. The smallest absolute Gasteiger partial charge is 0.133 e. The van der Waals surface area contributed by atoms with Crippen LogP contribution in [-0.2, 0) is 0 Å². The van der Waals surface area contributed by atoms with Crippen LogP contribution in [0.2, 0.25) is 0 Å². The van der Waals surface area contributed by atoms with Gasteiger partial charge < -0.3 is 10.1 Å². The van der Waals surface area contributed by atoms with Crippen LogP contribution in [0.25, 0.3) is 0 Å². The second-order valence-corrected chi connectivity index (χ2v) is 5.80. The molecule has 3 heteroatoms. The molecule has 2 nitrogen and oxygen atoms in total. The lowest BCUT2D eigenvalue weighted by Gasteiger charge is -2.16. The zero-order valence-electron chi connectivity index (χ0n) is 11.3. The van der Waals surface area contributed by atoms with Crippen molar-refractivity contribution in [3.05, 3.63) is 24.3 Å². The Bertz CT molecular complexity index is 365. The SMILES string of the molecule is CSc1ccccc1OC(C)CCCNC1CC1. The van der Waals surface area contributed by atoms with Crippen molar-refractivity contribution < 1.29 is 4.74 Å². The molecule has 1 N–H and O–H groups in total. The van der Waals surface area contributed by atoms with E-state index in [0.717, 1.165) is 24.8 Å². The standard InChI is InChI=1S/C15H23NOS/c1-12(6-5-11-16-13-9-10-13)17-14-7-3-4-8-15(14)18-2/h3-4,7-8,12-13,16H,5-6,9-11H2,1-2H3. The molecule has 1 aromatic carbocycles. The van der Waals surface area contributed by atoms with E-state index in [2.05, 4.69) is 36.7 Å². The number of hydrogen-bond acceptors (Lipinski definition) is 3. The minimum absolute atomic E-state index is 0.291. The van der Waals surface area contributed by atoms with E-state index in [1.807, 2.05) is 6.07 Å². The Hall–Kier alpha value is -0.670. The number of ether oxygens (including phenoxy) is 1. The van der Waals surface area contributed by atoms with Crippen LogP contribution in [0.4, 0.5) is 0 Å². The van der Waals surface area contributed by atoms with Gasteiger partial charge in [0.05, 0.1) is 6.10 Å². The lowest BCUT2D eigenvalue weighted by atomic mass is 10.2. The maximum Gasteiger partial charge on any atom is 0.133 e. The summed E-state index contributed by atoms with van der Waals surface area (Å²) in [6, 6.07) is 9.09.